The van der Waals surface area contributed by atoms with Crippen LogP contribution in [0.25, 0.3) is 32.1 Å². The molecule has 1 atom stereocenters. The molecule has 1 aliphatic rings. The van der Waals surface area contributed by atoms with Gasteiger partial charge in [-0.3, -0.25) is 4.79 Å². The average Bonchev–Trinajstić information content (AvgIpc) is 3.79. The van der Waals surface area contributed by atoms with Crippen molar-refractivity contribution in [3.63, 3.8) is 0 Å². The van der Waals surface area contributed by atoms with Crippen LogP contribution in [0.15, 0.2) is 109 Å². The SMILES string of the molecule is [C-]#[N+]c1cccc(-n2nc(C)cc2C(=O)Cc2cccc(C(NCC3CC3)c3cc4ccccc4c4ccccc34)c2)c1. The summed E-state index contributed by atoms with van der Waals surface area (Å²) in [5.41, 5.74) is 5.89. The number of hydrogen-bond acceptors (Lipinski definition) is 3. The Balaban J connectivity index is 1.25. The fourth-order valence-corrected chi connectivity index (χ4v) is 6.08. The maximum Gasteiger partial charge on any atom is 0.189 e. The highest BCUT2D eigenvalue weighted by Crippen LogP contribution is 2.36. The Bertz CT molecular complexity index is 2030. The second-order valence-corrected chi connectivity index (χ2v) is 11.6. The summed E-state index contributed by atoms with van der Waals surface area (Å²) < 4.78 is 1.66. The lowest BCUT2D eigenvalue weighted by molar-refractivity contribution is 0.0985. The van der Waals surface area contributed by atoms with Crippen molar-refractivity contribution in [2.24, 2.45) is 5.92 Å². The Kier molecular flexibility index (Phi) is 7.06. The van der Waals surface area contributed by atoms with Crippen molar-refractivity contribution < 1.29 is 4.79 Å². The van der Waals surface area contributed by atoms with Crippen LogP contribution >= 0.6 is 0 Å². The molecule has 1 aliphatic carbocycles. The predicted octanol–water partition coefficient (Wildman–Crippen LogP) is 8.55. The minimum Gasteiger partial charge on any atom is -0.306 e. The molecule has 7 rings (SSSR count). The third-order valence-electron chi connectivity index (χ3n) is 8.39. The Morgan fingerprint density at radius 1 is 0.907 bits per heavy atom. The van der Waals surface area contributed by atoms with E-state index in [0.29, 0.717) is 17.1 Å². The molecule has 0 saturated heterocycles. The maximum absolute atomic E-state index is 13.7. The summed E-state index contributed by atoms with van der Waals surface area (Å²) in [6.07, 6.45) is 2.81. The predicted molar refractivity (Wildman–Crippen MR) is 173 cm³/mol. The van der Waals surface area contributed by atoms with Gasteiger partial charge in [-0.15, -0.1) is 0 Å². The van der Waals surface area contributed by atoms with E-state index in [1.807, 2.05) is 31.2 Å². The summed E-state index contributed by atoms with van der Waals surface area (Å²) in [5.74, 6) is 0.716. The molecule has 1 unspecified atom stereocenters. The minimum absolute atomic E-state index is 0.00528. The Morgan fingerprint density at radius 2 is 1.67 bits per heavy atom. The van der Waals surface area contributed by atoms with Gasteiger partial charge in [0.25, 0.3) is 0 Å². The number of benzene rings is 5. The van der Waals surface area contributed by atoms with Crippen LogP contribution in [0.4, 0.5) is 5.69 Å². The molecule has 0 spiro atoms. The van der Waals surface area contributed by atoms with Crippen LogP contribution in [0.1, 0.15) is 51.8 Å². The van der Waals surface area contributed by atoms with E-state index in [4.69, 9.17) is 6.57 Å². The Hall–Kier alpha value is -5.05. The van der Waals surface area contributed by atoms with Crippen molar-refractivity contribution in [3.8, 4) is 5.69 Å². The number of ketones is 1. The summed E-state index contributed by atoms with van der Waals surface area (Å²) in [6.45, 7) is 10.2. The first kappa shape index (κ1) is 26.8. The molecule has 1 N–H and O–H groups in total. The fraction of sp³-hybridized carbons (Fsp3) is 0.184. The molecule has 210 valence electrons. The molecule has 6 aromatic rings. The lowest BCUT2D eigenvalue weighted by Crippen LogP contribution is -2.25. The topological polar surface area (TPSA) is 51.3 Å². The Labute approximate surface area is 251 Å². The van der Waals surface area contributed by atoms with Gasteiger partial charge < -0.3 is 5.32 Å². The number of hydrogen-bond donors (Lipinski definition) is 1. The van der Waals surface area contributed by atoms with Gasteiger partial charge in [-0.1, -0.05) is 84.9 Å². The molecule has 43 heavy (non-hydrogen) atoms. The molecule has 0 amide bonds. The lowest BCUT2D eigenvalue weighted by atomic mass is 9.89. The summed E-state index contributed by atoms with van der Waals surface area (Å²) in [7, 11) is 0. The molecule has 5 heteroatoms. The number of Topliss-reactive ketones (excluding diaryl/α,β-unsaturated/α-hetero) is 1. The molecule has 0 aliphatic heterocycles. The molecule has 5 nitrogen and oxygen atoms in total. The smallest absolute Gasteiger partial charge is 0.189 e. The van der Waals surface area contributed by atoms with Crippen LogP contribution in [0.3, 0.4) is 0 Å². The van der Waals surface area contributed by atoms with Gasteiger partial charge in [-0.05, 0) is 94.7 Å². The number of aryl methyl sites for hydroxylation is 1. The normalized spacial score (nSPS) is 13.7. The molecule has 1 heterocycles. The summed E-state index contributed by atoms with van der Waals surface area (Å²) >= 11 is 0. The van der Waals surface area contributed by atoms with Gasteiger partial charge in [-0.2, -0.15) is 5.10 Å². The van der Waals surface area contributed by atoms with Crippen LogP contribution in [-0.2, 0) is 6.42 Å². The van der Waals surface area contributed by atoms with Crippen LogP contribution < -0.4 is 5.32 Å². The van der Waals surface area contributed by atoms with E-state index < -0.39 is 0 Å². The molecule has 1 saturated carbocycles. The number of rotatable bonds is 9. The van der Waals surface area contributed by atoms with Crippen molar-refractivity contribution in [1.29, 1.82) is 0 Å². The minimum atomic E-state index is -0.00962. The maximum atomic E-state index is 13.7. The van der Waals surface area contributed by atoms with Crippen LogP contribution in [0, 0.1) is 19.4 Å². The number of carbonyl (C=O) groups excluding carboxylic acids is 1. The number of nitrogens with one attached hydrogen (secondary N) is 1. The first-order valence-electron chi connectivity index (χ1n) is 14.9. The molecule has 5 aromatic carbocycles. The van der Waals surface area contributed by atoms with E-state index in [9.17, 15) is 4.79 Å². The molecular weight excluding hydrogens is 528 g/mol. The lowest BCUT2D eigenvalue weighted by Gasteiger charge is -2.23. The van der Waals surface area contributed by atoms with E-state index in [-0.39, 0.29) is 18.2 Å². The van der Waals surface area contributed by atoms with Crippen molar-refractivity contribution in [2.75, 3.05) is 6.54 Å². The number of fused-ring (bicyclic) bond motifs is 3. The first-order valence-corrected chi connectivity index (χ1v) is 14.9. The van der Waals surface area contributed by atoms with Gasteiger partial charge in [0.15, 0.2) is 11.5 Å². The second kappa shape index (κ2) is 11.3. The molecule has 1 aromatic heterocycles. The zero-order valence-electron chi connectivity index (χ0n) is 24.1. The monoisotopic (exact) mass is 560 g/mol. The van der Waals surface area contributed by atoms with Crippen LogP contribution in [0.2, 0.25) is 0 Å². The Morgan fingerprint density at radius 3 is 2.49 bits per heavy atom. The van der Waals surface area contributed by atoms with Crippen molar-refractivity contribution in [3.05, 3.63) is 149 Å². The van der Waals surface area contributed by atoms with E-state index in [1.54, 1.807) is 16.8 Å². The van der Waals surface area contributed by atoms with Crippen molar-refractivity contribution in [2.45, 2.75) is 32.2 Å². The number of aromatic nitrogens is 2. The van der Waals surface area contributed by atoms with Crippen LogP contribution in [0.5, 0.6) is 0 Å². The van der Waals surface area contributed by atoms with Crippen LogP contribution in [-0.4, -0.2) is 22.1 Å². The van der Waals surface area contributed by atoms with Gasteiger partial charge in [0.1, 0.15) is 5.69 Å². The van der Waals surface area contributed by atoms with Gasteiger partial charge in [0.2, 0.25) is 0 Å². The van der Waals surface area contributed by atoms with E-state index in [2.05, 4.69) is 88.1 Å². The average molecular weight is 561 g/mol. The van der Waals surface area contributed by atoms with Gasteiger partial charge in [-0.25, -0.2) is 9.53 Å². The summed E-state index contributed by atoms with van der Waals surface area (Å²) in [5, 5.41) is 13.5. The van der Waals surface area contributed by atoms with E-state index in [1.165, 1.54) is 39.9 Å². The molecule has 0 bridgehead atoms. The molecule has 1 fully saturated rings. The zero-order chi connectivity index (χ0) is 29.3. The standard InChI is InChI=1S/C38H32N4O/c1-25-19-36(42(41-25)31-13-8-12-30(23-31)39-2)37(43)21-27-9-7-11-29(20-27)38(40-24-26-17-18-26)35-22-28-10-3-4-14-32(28)33-15-5-6-16-34(33)35/h3-16,19-20,22-23,26,38,40H,17-18,21,24H2,1H3. The fourth-order valence-electron chi connectivity index (χ4n) is 6.08. The molecule has 0 radical (unpaired) electrons. The van der Waals surface area contributed by atoms with Gasteiger partial charge >= 0.3 is 0 Å². The molecular formula is C38H32N4O. The third kappa shape index (κ3) is 5.46. The second-order valence-electron chi connectivity index (χ2n) is 11.6. The first-order chi connectivity index (χ1) is 21.1. The summed E-state index contributed by atoms with van der Waals surface area (Å²) in [4.78, 5) is 17.3. The van der Waals surface area contributed by atoms with Gasteiger partial charge in [0, 0.05) is 6.42 Å². The highest BCUT2D eigenvalue weighted by Gasteiger charge is 2.25. The van der Waals surface area contributed by atoms with E-state index in [0.717, 1.165) is 29.3 Å². The highest BCUT2D eigenvalue weighted by atomic mass is 16.1. The quantitative estimate of drug-likeness (QED) is 0.109. The van der Waals surface area contributed by atoms with Crippen molar-refractivity contribution in [1.82, 2.24) is 15.1 Å². The zero-order valence-corrected chi connectivity index (χ0v) is 24.1. The number of carbonyl (C=O) groups is 1. The largest absolute Gasteiger partial charge is 0.306 e. The third-order valence-corrected chi connectivity index (χ3v) is 8.39. The summed E-state index contributed by atoms with van der Waals surface area (Å²) in [6, 6.07) is 37.1. The van der Waals surface area contributed by atoms with E-state index >= 15 is 0 Å². The van der Waals surface area contributed by atoms with Crippen molar-refractivity contribution >= 4 is 33.0 Å². The van der Waals surface area contributed by atoms with Gasteiger partial charge in [0.05, 0.1) is 24.0 Å². The highest BCUT2D eigenvalue weighted by molar-refractivity contribution is 6.09. The number of nitrogens with zero attached hydrogens (tertiary/aromatic N) is 3.